The van der Waals surface area contributed by atoms with Crippen molar-refractivity contribution in [1.82, 2.24) is 19.1 Å². The highest BCUT2D eigenvalue weighted by Crippen LogP contribution is 2.52. The van der Waals surface area contributed by atoms with Gasteiger partial charge in [-0.1, -0.05) is 32.6 Å². The summed E-state index contributed by atoms with van der Waals surface area (Å²) in [5.74, 6) is 1.43. The van der Waals surface area contributed by atoms with Crippen LogP contribution in [0.1, 0.15) is 70.5 Å². The van der Waals surface area contributed by atoms with Crippen molar-refractivity contribution >= 4 is 10.0 Å². The van der Waals surface area contributed by atoms with Crippen molar-refractivity contribution in [1.29, 1.82) is 0 Å². The van der Waals surface area contributed by atoms with Crippen LogP contribution in [0, 0.1) is 5.41 Å². The van der Waals surface area contributed by atoms with Crippen LogP contribution < -0.4 is 0 Å². The van der Waals surface area contributed by atoms with E-state index in [4.69, 9.17) is 0 Å². The van der Waals surface area contributed by atoms with Crippen LogP contribution in [0.15, 0.2) is 6.33 Å². The van der Waals surface area contributed by atoms with Crippen LogP contribution in [0.5, 0.6) is 0 Å². The predicted molar refractivity (Wildman–Crippen MR) is 94.2 cm³/mol. The summed E-state index contributed by atoms with van der Waals surface area (Å²) in [4.78, 5) is 0. The molecule has 1 atom stereocenters. The molecule has 1 saturated heterocycles. The maximum atomic E-state index is 12.8. The van der Waals surface area contributed by atoms with Gasteiger partial charge in [-0.2, -0.15) is 0 Å². The van der Waals surface area contributed by atoms with Crippen molar-refractivity contribution in [3.05, 3.63) is 12.2 Å². The molecular formula is C17H30N4O2S. The minimum Gasteiger partial charge on any atom is -0.318 e. The average Bonchev–Trinajstić information content (AvgIpc) is 3.18. The fourth-order valence-electron chi connectivity index (χ4n) is 4.49. The van der Waals surface area contributed by atoms with Gasteiger partial charge in [0.05, 0.1) is 5.75 Å². The summed E-state index contributed by atoms with van der Waals surface area (Å²) in [5.41, 5.74) is 0.0531. The summed E-state index contributed by atoms with van der Waals surface area (Å²) in [6.07, 6.45) is 9.28. The summed E-state index contributed by atoms with van der Waals surface area (Å²) < 4.78 is 29.4. The molecule has 1 aliphatic carbocycles. The van der Waals surface area contributed by atoms with Gasteiger partial charge in [0.25, 0.3) is 0 Å². The molecule has 3 rings (SSSR count). The second-order valence-corrected chi connectivity index (χ2v) is 9.50. The first kappa shape index (κ1) is 17.9. The van der Waals surface area contributed by atoms with E-state index in [2.05, 4.69) is 21.7 Å². The Morgan fingerprint density at radius 1 is 1.25 bits per heavy atom. The van der Waals surface area contributed by atoms with Crippen LogP contribution in [-0.2, 0) is 16.6 Å². The Bertz CT molecular complexity index is 649. The Morgan fingerprint density at radius 2 is 2.00 bits per heavy atom. The second-order valence-electron chi connectivity index (χ2n) is 7.41. The third kappa shape index (κ3) is 3.25. The molecule has 0 N–H and O–H groups in total. The summed E-state index contributed by atoms with van der Waals surface area (Å²) in [6.45, 7) is 6.20. The molecule has 6 nitrogen and oxygen atoms in total. The third-order valence-electron chi connectivity index (χ3n) is 5.91. The van der Waals surface area contributed by atoms with E-state index in [1.807, 2.05) is 6.92 Å². The first-order chi connectivity index (χ1) is 11.5. The molecule has 1 aliphatic heterocycles. The largest absolute Gasteiger partial charge is 0.318 e. The first-order valence-corrected chi connectivity index (χ1v) is 11.0. The topological polar surface area (TPSA) is 68.1 Å². The van der Waals surface area contributed by atoms with E-state index in [0.717, 1.165) is 38.1 Å². The number of sulfonamides is 1. The molecule has 136 valence electrons. The van der Waals surface area contributed by atoms with Gasteiger partial charge in [-0.15, -0.1) is 10.2 Å². The maximum absolute atomic E-state index is 12.8. The Kier molecular flexibility index (Phi) is 5.30. The lowest BCUT2D eigenvalue weighted by Crippen LogP contribution is -2.35. The summed E-state index contributed by atoms with van der Waals surface area (Å²) in [7, 11) is -3.17. The molecular weight excluding hydrogens is 324 g/mol. The molecule has 7 heteroatoms. The highest BCUT2D eigenvalue weighted by Gasteiger charge is 2.51. The van der Waals surface area contributed by atoms with Crippen molar-refractivity contribution < 1.29 is 8.42 Å². The summed E-state index contributed by atoms with van der Waals surface area (Å²) in [6, 6.07) is 0. The number of nitrogens with zero attached hydrogens (tertiary/aromatic N) is 4. The van der Waals surface area contributed by atoms with Crippen molar-refractivity contribution in [2.75, 3.05) is 18.8 Å². The molecule has 0 amide bonds. The molecule has 0 bridgehead atoms. The molecule has 2 fully saturated rings. The highest BCUT2D eigenvalue weighted by molar-refractivity contribution is 7.89. The normalized spacial score (nSPS) is 24.7. The smallest absolute Gasteiger partial charge is 0.214 e. The molecule has 0 aromatic carbocycles. The van der Waals surface area contributed by atoms with Crippen LogP contribution in [0.2, 0.25) is 0 Å². The SMILES string of the molecule is CCCCS(=O)(=O)N1CC(c2nncn2CC)C2(CCCCC2)C1. The van der Waals surface area contributed by atoms with Gasteiger partial charge in [0.2, 0.25) is 10.0 Å². The van der Waals surface area contributed by atoms with Crippen molar-refractivity contribution in [2.45, 2.75) is 71.3 Å². The van der Waals surface area contributed by atoms with E-state index in [1.54, 1.807) is 10.6 Å². The Morgan fingerprint density at radius 3 is 2.67 bits per heavy atom. The number of rotatable bonds is 6. The van der Waals surface area contributed by atoms with Gasteiger partial charge in [-0.05, 0) is 31.6 Å². The third-order valence-corrected chi connectivity index (χ3v) is 7.78. The van der Waals surface area contributed by atoms with E-state index in [-0.39, 0.29) is 17.1 Å². The maximum Gasteiger partial charge on any atom is 0.214 e. The van der Waals surface area contributed by atoms with Gasteiger partial charge in [-0.3, -0.25) is 0 Å². The number of hydrogen-bond acceptors (Lipinski definition) is 4. The molecule has 1 unspecified atom stereocenters. The minimum absolute atomic E-state index is 0.0531. The minimum atomic E-state index is -3.17. The molecule has 1 saturated carbocycles. The molecule has 24 heavy (non-hydrogen) atoms. The number of hydrogen-bond donors (Lipinski definition) is 0. The van der Waals surface area contributed by atoms with E-state index >= 15 is 0 Å². The van der Waals surface area contributed by atoms with Gasteiger partial charge in [0.1, 0.15) is 12.2 Å². The van der Waals surface area contributed by atoms with E-state index in [0.29, 0.717) is 13.1 Å². The number of aryl methyl sites for hydroxylation is 1. The summed E-state index contributed by atoms with van der Waals surface area (Å²) >= 11 is 0. The summed E-state index contributed by atoms with van der Waals surface area (Å²) in [5, 5.41) is 8.49. The quantitative estimate of drug-likeness (QED) is 0.788. The molecule has 1 aromatic rings. The van der Waals surface area contributed by atoms with Gasteiger partial charge < -0.3 is 4.57 Å². The van der Waals surface area contributed by atoms with Gasteiger partial charge in [0, 0.05) is 25.6 Å². The lowest BCUT2D eigenvalue weighted by atomic mass is 9.67. The van der Waals surface area contributed by atoms with Crippen LogP contribution in [-0.4, -0.2) is 46.3 Å². The molecule has 1 spiro atoms. The van der Waals surface area contributed by atoms with Crippen LogP contribution in [0.25, 0.3) is 0 Å². The average molecular weight is 355 g/mol. The fourth-order valence-corrected chi connectivity index (χ4v) is 6.23. The zero-order chi connectivity index (χ0) is 17.2. The highest BCUT2D eigenvalue weighted by atomic mass is 32.2. The molecule has 0 radical (unpaired) electrons. The first-order valence-electron chi connectivity index (χ1n) is 9.38. The van der Waals surface area contributed by atoms with Crippen LogP contribution >= 0.6 is 0 Å². The number of unbranched alkanes of at least 4 members (excludes halogenated alkanes) is 1. The Hall–Kier alpha value is -0.950. The second kappa shape index (κ2) is 7.12. The van der Waals surface area contributed by atoms with Gasteiger partial charge in [-0.25, -0.2) is 12.7 Å². The fraction of sp³-hybridized carbons (Fsp3) is 0.882. The Balaban J connectivity index is 1.91. The predicted octanol–water partition coefficient (Wildman–Crippen LogP) is 2.78. The number of aromatic nitrogens is 3. The van der Waals surface area contributed by atoms with Crippen molar-refractivity contribution in [3.63, 3.8) is 0 Å². The molecule has 2 heterocycles. The zero-order valence-electron chi connectivity index (χ0n) is 14.9. The van der Waals surface area contributed by atoms with Gasteiger partial charge in [0.15, 0.2) is 0 Å². The molecule has 1 aromatic heterocycles. The standard InChI is InChI=1S/C17H30N4O2S/c1-3-5-11-24(22,23)21-12-15(16-19-18-14-20(16)4-2)17(13-21)9-7-6-8-10-17/h14-15H,3-13H2,1-2H3. The van der Waals surface area contributed by atoms with Crippen LogP contribution in [0.4, 0.5) is 0 Å². The van der Waals surface area contributed by atoms with Crippen molar-refractivity contribution in [3.8, 4) is 0 Å². The van der Waals surface area contributed by atoms with E-state index in [1.165, 1.54) is 19.3 Å². The monoisotopic (exact) mass is 354 g/mol. The van der Waals surface area contributed by atoms with Crippen molar-refractivity contribution in [2.24, 2.45) is 5.41 Å². The van der Waals surface area contributed by atoms with Gasteiger partial charge >= 0.3 is 0 Å². The lowest BCUT2D eigenvalue weighted by Gasteiger charge is -2.37. The molecule has 2 aliphatic rings. The lowest BCUT2D eigenvalue weighted by molar-refractivity contribution is 0.176. The van der Waals surface area contributed by atoms with E-state index < -0.39 is 10.0 Å². The van der Waals surface area contributed by atoms with Crippen LogP contribution in [0.3, 0.4) is 0 Å². The van der Waals surface area contributed by atoms with E-state index in [9.17, 15) is 8.42 Å². The zero-order valence-corrected chi connectivity index (χ0v) is 15.8. The Labute approximate surface area is 145 Å².